The summed E-state index contributed by atoms with van der Waals surface area (Å²) in [6.45, 7) is -0.204. The Morgan fingerprint density at radius 2 is 1.59 bits per heavy atom. The van der Waals surface area contributed by atoms with Crippen LogP contribution in [0.2, 0.25) is 0 Å². The van der Waals surface area contributed by atoms with Gasteiger partial charge in [0.1, 0.15) is 18.2 Å². The summed E-state index contributed by atoms with van der Waals surface area (Å²) < 4.78 is 27.6. The van der Waals surface area contributed by atoms with Crippen LogP contribution in [-0.2, 0) is 4.79 Å². The fourth-order valence-corrected chi connectivity index (χ4v) is 3.81. The topological polar surface area (TPSA) is 49.4 Å². The zero-order valence-corrected chi connectivity index (χ0v) is 16.6. The lowest BCUT2D eigenvalue weighted by Crippen LogP contribution is -2.39. The lowest BCUT2D eigenvalue weighted by atomic mass is 9.95. The summed E-state index contributed by atoms with van der Waals surface area (Å²) in [6, 6.07) is 15.7. The summed E-state index contributed by atoms with van der Waals surface area (Å²) in [4.78, 5) is 27.2. The van der Waals surface area contributed by atoms with Gasteiger partial charge in [-0.3, -0.25) is 9.59 Å². The van der Waals surface area contributed by atoms with Gasteiger partial charge in [0.25, 0.3) is 5.91 Å². The van der Waals surface area contributed by atoms with Crippen molar-refractivity contribution in [2.45, 2.75) is 6.04 Å². The van der Waals surface area contributed by atoms with Crippen LogP contribution in [0.1, 0.15) is 27.5 Å². The van der Waals surface area contributed by atoms with Crippen LogP contribution in [0.5, 0.6) is 0 Å². The molecule has 7 heteroatoms. The predicted octanol–water partition coefficient (Wildman–Crippen LogP) is 4.91. The molecule has 0 unspecified atom stereocenters. The molecule has 2 amide bonds. The Balaban J connectivity index is 1.88. The van der Waals surface area contributed by atoms with Gasteiger partial charge in [-0.1, -0.05) is 28.1 Å². The number of amides is 2. The molecular weight excluding hydrogens is 442 g/mol. The Morgan fingerprint density at radius 3 is 2.24 bits per heavy atom. The molecule has 29 heavy (non-hydrogen) atoms. The second-order valence-corrected chi connectivity index (χ2v) is 7.59. The van der Waals surface area contributed by atoms with Crippen LogP contribution in [0.25, 0.3) is 0 Å². The maximum Gasteiger partial charge on any atom is 0.255 e. The van der Waals surface area contributed by atoms with E-state index in [-0.39, 0.29) is 18.0 Å². The fraction of sp³-hybridized carbons (Fsp3) is 0.0909. The Labute approximate surface area is 174 Å². The van der Waals surface area contributed by atoms with E-state index in [1.807, 2.05) is 6.07 Å². The number of anilines is 1. The molecule has 1 aliphatic rings. The summed E-state index contributed by atoms with van der Waals surface area (Å²) in [7, 11) is 0. The van der Waals surface area contributed by atoms with Gasteiger partial charge in [-0.05, 0) is 60.2 Å². The maximum absolute atomic E-state index is 13.5. The molecule has 3 aromatic rings. The van der Waals surface area contributed by atoms with E-state index >= 15 is 0 Å². The van der Waals surface area contributed by atoms with E-state index in [1.165, 1.54) is 41.3 Å². The molecule has 0 fully saturated rings. The number of benzene rings is 3. The number of carbonyl (C=O) groups is 2. The number of carbonyl (C=O) groups excluding carboxylic acids is 2. The second-order valence-electron chi connectivity index (χ2n) is 6.67. The van der Waals surface area contributed by atoms with Crippen molar-refractivity contribution in [1.82, 2.24) is 4.90 Å². The quantitative estimate of drug-likeness (QED) is 0.595. The van der Waals surface area contributed by atoms with Crippen molar-refractivity contribution >= 4 is 33.4 Å². The number of halogens is 3. The average molecular weight is 457 g/mol. The van der Waals surface area contributed by atoms with Gasteiger partial charge in [0.2, 0.25) is 5.91 Å². The summed E-state index contributed by atoms with van der Waals surface area (Å²) in [5, 5.41) is 2.82. The van der Waals surface area contributed by atoms with E-state index in [2.05, 4.69) is 21.2 Å². The number of rotatable bonds is 2. The Kier molecular flexibility index (Phi) is 5.15. The monoisotopic (exact) mass is 456 g/mol. The Hall–Kier alpha value is -3.06. The van der Waals surface area contributed by atoms with Crippen molar-refractivity contribution < 1.29 is 18.4 Å². The molecule has 146 valence electrons. The maximum atomic E-state index is 13.5. The molecule has 1 atom stereocenters. The van der Waals surface area contributed by atoms with E-state index < -0.39 is 23.6 Å². The molecular formula is C22H15BrF2N2O2. The third-order valence-electron chi connectivity index (χ3n) is 4.75. The number of hydrogen-bond acceptors (Lipinski definition) is 2. The van der Waals surface area contributed by atoms with Crippen LogP contribution in [-0.4, -0.2) is 23.3 Å². The number of nitrogens with zero attached hydrogens (tertiary/aromatic N) is 1. The zero-order chi connectivity index (χ0) is 20.5. The number of nitrogens with one attached hydrogen (secondary N) is 1. The Morgan fingerprint density at radius 1 is 0.966 bits per heavy atom. The van der Waals surface area contributed by atoms with Gasteiger partial charge in [0, 0.05) is 21.3 Å². The van der Waals surface area contributed by atoms with Gasteiger partial charge in [0.15, 0.2) is 0 Å². The van der Waals surface area contributed by atoms with Crippen molar-refractivity contribution in [1.29, 1.82) is 0 Å². The van der Waals surface area contributed by atoms with E-state index in [9.17, 15) is 18.4 Å². The first-order valence-corrected chi connectivity index (χ1v) is 9.63. The van der Waals surface area contributed by atoms with Crippen LogP contribution in [0.15, 0.2) is 71.2 Å². The third kappa shape index (κ3) is 3.91. The van der Waals surface area contributed by atoms with Gasteiger partial charge in [-0.2, -0.15) is 0 Å². The smallest absolute Gasteiger partial charge is 0.255 e. The van der Waals surface area contributed by atoms with Crippen LogP contribution in [0.4, 0.5) is 14.5 Å². The average Bonchev–Trinajstić information content (AvgIpc) is 2.84. The van der Waals surface area contributed by atoms with Crippen molar-refractivity contribution in [3.63, 3.8) is 0 Å². The van der Waals surface area contributed by atoms with Crippen LogP contribution in [0, 0.1) is 11.6 Å². The van der Waals surface area contributed by atoms with Crippen molar-refractivity contribution in [3.8, 4) is 0 Å². The molecule has 0 radical (unpaired) electrons. The summed E-state index contributed by atoms with van der Waals surface area (Å²) in [5.41, 5.74) is 2.16. The highest BCUT2D eigenvalue weighted by atomic mass is 79.9. The molecule has 0 spiro atoms. The molecule has 0 bridgehead atoms. The molecule has 4 nitrogen and oxygen atoms in total. The van der Waals surface area contributed by atoms with Crippen LogP contribution in [0.3, 0.4) is 0 Å². The first kappa shape index (κ1) is 19.3. The number of hydrogen-bond donors (Lipinski definition) is 1. The molecule has 1 aliphatic heterocycles. The molecule has 0 aliphatic carbocycles. The molecule has 0 saturated heterocycles. The van der Waals surface area contributed by atoms with E-state index in [1.54, 1.807) is 24.3 Å². The molecule has 3 aromatic carbocycles. The first-order chi connectivity index (χ1) is 13.9. The van der Waals surface area contributed by atoms with Gasteiger partial charge < -0.3 is 10.2 Å². The summed E-state index contributed by atoms with van der Waals surface area (Å²) >= 11 is 3.43. The van der Waals surface area contributed by atoms with Gasteiger partial charge in [0.05, 0.1) is 6.04 Å². The van der Waals surface area contributed by atoms with Crippen LogP contribution >= 0.6 is 15.9 Å². The largest absolute Gasteiger partial charge is 0.324 e. The second kappa shape index (κ2) is 7.75. The fourth-order valence-electron chi connectivity index (χ4n) is 3.43. The highest BCUT2D eigenvalue weighted by Crippen LogP contribution is 2.38. The minimum Gasteiger partial charge on any atom is -0.324 e. The van der Waals surface area contributed by atoms with E-state index in [0.29, 0.717) is 16.8 Å². The third-order valence-corrected chi connectivity index (χ3v) is 5.24. The molecule has 0 aromatic heterocycles. The lowest BCUT2D eigenvalue weighted by Gasteiger charge is -2.30. The molecule has 4 rings (SSSR count). The van der Waals surface area contributed by atoms with Crippen molar-refractivity contribution in [2.24, 2.45) is 0 Å². The highest BCUT2D eigenvalue weighted by molar-refractivity contribution is 9.10. The summed E-state index contributed by atoms with van der Waals surface area (Å²) in [5.74, 6) is -1.64. The summed E-state index contributed by atoms with van der Waals surface area (Å²) in [6.07, 6.45) is 0. The Bertz CT molecular complexity index is 1080. The normalized spacial score (nSPS) is 16.0. The zero-order valence-electron chi connectivity index (χ0n) is 15.0. The molecule has 1 heterocycles. The van der Waals surface area contributed by atoms with E-state index in [0.717, 1.165) is 4.47 Å². The van der Waals surface area contributed by atoms with Crippen molar-refractivity contribution in [2.75, 3.05) is 11.9 Å². The predicted molar refractivity (Wildman–Crippen MR) is 108 cm³/mol. The van der Waals surface area contributed by atoms with E-state index in [4.69, 9.17) is 0 Å². The van der Waals surface area contributed by atoms with Gasteiger partial charge >= 0.3 is 0 Å². The van der Waals surface area contributed by atoms with Gasteiger partial charge in [-0.25, -0.2) is 8.78 Å². The SMILES string of the molecule is O=C1CN(C(=O)c2ccc(F)cc2)[C@H](c2ccc(F)cc2)c2cc(Br)ccc2N1. The standard InChI is InChI=1S/C22H15BrF2N2O2/c23-15-5-10-19-18(11-15)21(13-1-6-16(24)7-2-13)27(12-20(28)26-19)22(29)14-3-8-17(25)9-4-14/h1-11,21H,12H2,(H,26,28)/t21-/m1/s1. The van der Waals surface area contributed by atoms with Crippen molar-refractivity contribution in [3.05, 3.63) is 99.5 Å². The lowest BCUT2D eigenvalue weighted by molar-refractivity contribution is -0.117. The highest BCUT2D eigenvalue weighted by Gasteiger charge is 2.34. The van der Waals surface area contributed by atoms with Crippen LogP contribution < -0.4 is 5.32 Å². The number of fused-ring (bicyclic) bond motifs is 1. The molecule has 0 saturated carbocycles. The minimum absolute atomic E-state index is 0.204. The van der Waals surface area contributed by atoms with Gasteiger partial charge in [-0.15, -0.1) is 0 Å². The molecule has 1 N–H and O–H groups in total. The minimum atomic E-state index is -0.639. The first-order valence-electron chi connectivity index (χ1n) is 8.83.